The zero-order chi connectivity index (χ0) is 19.5. The second-order valence-corrected chi connectivity index (χ2v) is 7.85. The maximum Gasteiger partial charge on any atom is 0.222 e. The first kappa shape index (κ1) is 19.1. The van der Waals surface area contributed by atoms with Gasteiger partial charge in [0.15, 0.2) is 0 Å². The molecule has 4 rings (SSSR count). The first-order valence-electron chi connectivity index (χ1n) is 10.4. The summed E-state index contributed by atoms with van der Waals surface area (Å²) in [7, 11) is 0. The Morgan fingerprint density at radius 1 is 1.14 bits per heavy atom. The van der Waals surface area contributed by atoms with Crippen molar-refractivity contribution >= 4 is 5.91 Å². The van der Waals surface area contributed by atoms with Crippen LogP contribution < -0.4 is 0 Å². The van der Waals surface area contributed by atoms with Gasteiger partial charge in [-0.1, -0.05) is 37.3 Å². The minimum absolute atomic E-state index is 0.144. The molecule has 3 heterocycles. The van der Waals surface area contributed by atoms with Gasteiger partial charge in [0.2, 0.25) is 5.91 Å². The molecule has 5 heteroatoms. The van der Waals surface area contributed by atoms with E-state index in [1.54, 1.807) is 6.20 Å². The highest BCUT2D eigenvalue weighted by atomic mass is 16.3. The van der Waals surface area contributed by atoms with Crippen LogP contribution >= 0.6 is 0 Å². The smallest absolute Gasteiger partial charge is 0.222 e. The van der Waals surface area contributed by atoms with Crippen LogP contribution in [0.5, 0.6) is 0 Å². The first-order chi connectivity index (χ1) is 13.7. The Kier molecular flexibility index (Phi) is 5.74. The van der Waals surface area contributed by atoms with E-state index in [9.17, 15) is 9.90 Å². The molecule has 148 valence electrons. The van der Waals surface area contributed by atoms with Crippen molar-refractivity contribution in [1.82, 2.24) is 14.8 Å². The molecule has 2 aliphatic rings. The number of carbonyl (C=O) groups excluding carboxylic acids is 1. The number of nitrogens with zero attached hydrogens (tertiary/aromatic N) is 3. The highest BCUT2D eigenvalue weighted by Crippen LogP contribution is 2.42. The van der Waals surface area contributed by atoms with E-state index in [4.69, 9.17) is 0 Å². The summed E-state index contributed by atoms with van der Waals surface area (Å²) < 4.78 is 0. The fraction of sp³-hybridized carbons (Fsp3) is 0.478. The lowest BCUT2D eigenvalue weighted by Crippen LogP contribution is -2.67. The highest BCUT2D eigenvalue weighted by Gasteiger charge is 2.49. The van der Waals surface area contributed by atoms with Gasteiger partial charge in [-0.2, -0.15) is 0 Å². The molecule has 3 atom stereocenters. The quantitative estimate of drug-likeness (QED) is 0.887. The van der Waals surface area contributed by atoms with Crippen LogP contribution in [-0.2, 0) is 4.79 Å². The molecular formula is C23H29N3O2. The van der Waals surface area contributed by atoms with Gasteiger partial charge in [0.05, 0.1) is 6.61 Å². The maximum absolute atomic E-state index is 12.4. The molecular weight excluding hydrogens is 350 g/mol. The maximum atomic E-state index is 12.4. The molecule has 0 aliphatic carbocycles. The van der Waals surface area contributed by atoms with Crippen LogP contribution in [0.15, 0.2) is 48.8 Å². The van der Waals surface area contributed by atoms with Crippen LogP contribution in [0.25, 0.3) is 11.1 Å². The average Bonchev–Trinajstić information content (AvgIpc) is 2.73. The predicted octanol–water partition coefficient (Wildman–Crippen LogP) is 2.91. The van der Waals surface area contributed by atoms with Gasteiger partial charge >= 0.3 is 0 Å². The lowest BCUT2D eigenvalue weighted by Gasteiger charge is -2.57. The minimum Gasteiger partial charge on any atom is -0.395 e. The fourth-order valence-electron chi connectivity index (χ4n) is 4.82. The molecule has 2 fully saturated rings. The van der Waals surface area contributed by atoms with Gasteiger partial charge in [0.25, 0.3) is 0 Å². The van der Waals surface area contributed by atoms with Crippen molar-refractivity contribution in [2.75, 3.05) is 26.2 Å². The Bertz CT molecular complexity index is 793. The SMILES string of the molecule is CCC(=O)N1CCCCN2[C@H](CO)[C@H](c3ccc(-c4cccnc4)cc3)[C@@H]2C1. The molecule has 0 bridgehead atoms. The number of aromatic nitrogens is 1. The molecule has 2 saturated heterocycles. The van der Waals surface area contributed by atoms with Crippen LogP contribution in [0, 0.1) is 0 Å². The third-order valence-corrected chi connectivity index (χ3v) is 6.32. The van der Waals surface area contributed by atoms with Gasteiger partial charge in [-0.15, -0.1) is 0 Å². The van der Waals surface area contributed by atoms with Gasteiger partial charge in [0.1, 0.15) is 0 Å². The van der Waals surface area contributed by atoms with Crippen LogP contribution in [0.4, 0.5) is 0 Å². The van der Waals surface area contributed by atoms with E-state index in [-0.39, 0.29) is 30.5 Å². The summed E-state index contributed by atoms with van der Waals surface area (Å²) in [5.74, 6) is 0.498. The minimum atomic E-state index is 0.144. The number of amides is 1. The summed E-state index contributed by atoms with van der Waals surface area (Å²) in [6.07, 6.45) is 6.33. The third kappa shape index (κ3) is 3.56. The van der Waals surface area contributed by atoms with Gasteiger partial charge < -0.3 is 10.0 Å². The van der Waals surface area contributed by atoms with Crippen LogP contribution in [0.2, 0.25) is 0 Å². The Morgan fingerprint density at radius 3 is 2.61 bits per heavy atom. The molecule has 1 aromatic heterocycles. The molecule has 2 aromatic rings. The molecule has 1 amide bonds. The first-order valence-corrected chi connectivity index (χ1v) is 10.4. The molecule has 0 unspecified atom stereocenters. The van der Waals surface area contributed by atoms with Crippen molar-refractivity contribution in [2.45, 2.75) is 44.2 Å². The largest absolute Gasteiger partial charge is 0.395 e. The summed E-state index contributed by atoms with van der Waals surface area (Å²) >= 11 is 0. The zero-order valence-corrected chi connectivity index (χ0v) is 16.5. The van der Waals surface area contributed by atoms with E-state index in [1.807, 2.05) is 24.1 Å². The van der Waals surface area contributed by atoms with Crippen LogP contribution in [0.1, 0.15) is 37.7 Å². The number of hydrogen-bond donors (Lipinski definition) is 1. The summed E-state index contributed by atoms with van der Waals surface area (Å²) in [4.78, 5) is 21.0. The molecule has 0 radical (unpaired) electrons. The van der Waals surface area contributed by atoms with E-state index >= 15 is 0 Å². The van der Waals surface area contributed by atoms with E-state index in [0.29, 0.717) is 6.42 Å². The Hall–Kier alpha value is -2.24. The van der Waals surface area contributed by atoms with Crippen molar-refractivity contribution in [1.29, 1.82) is 0 Å². The molecule has 28 heavy (non-hydrogen) atoms. The Balaban J connectivity index is 1.57. The molecule has 2 aliphatic heterocycles. The number of aliphatic hydroxyl groups excluding tert-OH is 1. The van der Waals surface area contributed by atoms with Crippen molar-refractivity contribution in [3.05, 3.63) is 54.4 Å². The van der Waals surface area contributed by atoms with E-state index < -0.39 is 0 Å². The Morgan fingerprint density at radius 2 is 1.93 bits per heavy atom. The fourth-order valence-corrected chi connectivity index (χ4v) is 4.82. The highest BCUT2D eigenvalue weighted by molar-refractivity contribution is 5.76. The normalized spacial score (nSPS) is 25.4. The molecule has 1 aromatic carbocycles. The van der Waals surface area contributed by atoms with Gasteiger partial charge in [0, 0.05) is 49.9 Å². The van der Waals surface area contributed by atoms with Crippen molar-refractivity contribution in [2.24, 2.45) is 0 Å². The molecule has 5 nitrogen and oxygen atoms in total. The lowest BCUT2D eigenvalue weighted by molar-refractivity contribution is -0.136. The number of pyridine rings is 1. The Labute approximate surface area is 167 Å². The van der Waals surface area contributed by atoms with Gasteiger partial charge in [-0.25, -0.2) is 0 Å². The predicted molar refractivity (Wildman–Crippen MR) is 110 cm³/mol. The average molecular weight is 380 g/mol. The van der Waals surface area contributed by atoms with Crippen molar-refractivity contribution < 1.29 is 9.90 Å². The second kappa shape index (κ2) is 8.41. The molecule has 0 spiro atoms. The van der Waals surface area contributed by atoms with E-state index in [2.05, 4.69) is 40.2 Å². The summed E-state index contributed by atoms with van der Waals surface area (Å²) in [6, 6.07) is 13.1. The number of hydrogen-bond acceptors (Lipinski definition) is 4. The molecule has 1 N–H and O–H groups in total. The summed E-state index contributed by atoms with van der Waals surface area (Å²) in [5.41, 5.74) is 3.50. The molecule has 0 saturated carbocycles. The summed E-state index contributed by atoms with van der Waals surface area (Å²) in [6.45, 7) is 4.72. The summed E-state index contributed by atoms with van der Waals surface area (Å²) in [5, 5.41) is 10.0. The number of fused-ring (bicyclic) bond motifs is 1. The zero-order valence-electron chi connectivity index (χ0n) is 16.5. The van der Waals surface area contributed by atoms with Crippen molar-refractivity contribution in [3.63, 3.8) is 0 Å². The number of rotatable bonds is 4. The van der Waals surface area contributed by atoms with E-state index in [0.717, 1.165) is 43.6 Å². The van der Waals surface area contributed by atoms with Crippen molar-refractivity contribution in [3.8, 4) is 11.1 Å². The van der Waals surface area contributed by atoms with Crippen LogP contribution in [-0.4, -0.2) is 64.1 Å². The monoisotopic (exact) mass is 379 g/mol. The van der Waals surface area contributed by atoms with Crippen LogP contribution in [0.3, 0.4) is 0 Å². The standard InChI is InChI=1S/C23H29N3O2/c1-2-22(28)25-12-3-4-13-26-20(15-25)23(21(26)16-27)18-9-7-17(8-10-18)19-6-5-11-24-14-19/h5-11,14,20-21,23,27H,2-4,12-13,15-16H2,1H3/t20-,21+,23+/m0/s1. The van der Waals surface area contributed by atoms with E-state index in [1.165, 1.54) is 5.56 Å². The second-order valence-electron chi connectivity index (χ2n) is 7.85. The number of carbonyl (C=O) groups is 1. The third-order valence-electron chi connectivity index (χ3n) is 6.32. The topological polar surface area (TPSA) is 56.7 Å². The lowest BCUT2D eigenvalue weighted by atomic mass is 9.74. The van der Waals surface area contributed by atoms with Gasteiger partial charge in [-0.3, -0.25) is 14.7 Å². The number of aliphatic hydroxyl groups is 1. The number of benzene rings is 1. The van der Waals surface area contributed by atoms with Gasteiger partial charge in [-0.05, 0) is 42.1 Å².